The molecule has 0 saturated heterocycles. The monoisotopic (exact) mass is 251 g/mol. The fourth-order valence-corrected chi connectivity index (χ4v) is 2.10. The van der Waals surface area contributed by atoms with Gasteiger partial charge in [-0.3, -0.25) is 5.10 Å². The fraction of sp³-hybridized carbons (Fsp3) is 0.143. The number of fused-ring (bicyclic) bond motifs is 1. The maximum atomic E-state index is 8.91. The Hall–Kier alpha value is -2.74. The molecule has 3 rings (SSSR count). The summed E-state index contributed by atoms with van der Waals surface area (Å²) < 4.78 is 1.83. The van der Waals surface area contributed by atoms with E-state index in [4.69, 9.17) is 5.26 Å². The van der Waals surface area contributed by atoms with E-state index in [1.807, 2.05) is 42.1 Å². The number of anilines is 1. The van der Waals surface area contributed by atoms with Gasteiger partial charge in [-0.05, 0) is 29.8 Å². The van der Waals surface area contributed by atoms with Crippen molar-refractivity contribution in [3.8, 4) is 6.07 Å². The number of H-pyrrole nitrogens is 1. The van der Waals surface area contributed by atoms with Crippen LogP contribution in [0, 0.1) is 11.3 Å². The van der Waals surface area contributed by atoms with Gasteiger partial charge in [0.15, 0.2) is 0 Å². The number of nitrogens with zero attached hydrogens (tertiary/aromatic N) is 3. The third-order valence-electron chi connectivity index (χ3n) is 3.11. The Morgan fingerprint density at radius 3 is 3.11 bits per heavy atom. The number of hydrogen-bond donors (Lipinski definition) is 2. The Kier molecular flexibility index (Phi) is 2.69. The number of nitriles is 1. The molecular weight excluding hydrogens is 238 g/mol. The van der Waals surface area contributed by atoms with E-state index in [1.165, 1.54) is 0 Å². The van der Waals surface area contributed by atoms with E-state index in [0.29, 0.717) is 12.2 Å². The lowest BCUT2D eigenvalue weighted by atomic mass is 10.2. The minimum Gasteiger partial charge on any atom is -0.381 e. The topological polar surface area (TPSA) is 69.4 Å². The van der Waals surface area contributed by atoms with Gasteiger partial charge in [0.05, 0.1) is 11.7 Å². The molecule has 0 aliphatic carbocycles. The predicted molar refractivity (Wildman–Crippen MR) is 73.5 cm³/mol. The van der Waals surface area contributed by atoms with E-state index in [9.17, 15) is 0 Å². The van der Waals surface area contributed by atoms with E-state index in [-0.39, 0.29) is 0 Å². The Bertz CT molecular complexity index is 760. The molecule has 3 aromatic rings. The highest BCUT2D eigenvalue weighted by Gasteiger charge is 2.02. The van der Waals surface area contributed by atoms with Crippen LogP contribution in [0.3, 0.4) is 0 Å². The van der Waals surface area contributed by atoms with Gasteiger partial charge in [0, 0.05) is 30.9 Å². The maximum absolute atomic E-state index is 8.91. The van der Waals surface area contributed by atoms with Gasteiger partial charge in [0.25, 0.3) is 0 Å². The Morgan fingerprint density at radius 2 is 2.32 bits per heavy atom. The van der Waals surface area contributed by atoms with Gasteiger partial charge in [-0.25, -0.2) is 0 Å². The SMILES string of the molecule is Cn1cc(CNc2ccc3[nH]ncc3c2)cc1C#N. The Balaban J connectivity index is 1.76. The molecule has 94 valence electrons. The van der Waals surface area contributed by atoms with Crippen LogP contribution in [0.1, 0.15) is 11.3 Å². The minimum absolute atomic E-state index is 0.669. The molecule has 5 heteroatoms. The second-order valence-electron chi connectivity index (χ2n) is 4.48. The summed E-state index contributed by atoms with van der Waals surface area (Å²) in [5.41, 5.74) is 3.82. The van der Waals surface area contributed by atoms with Crippen LogP contribution in [0.25, 0.3) is 10.9 Å². The maximum Gasteiger partial charge on any atom is 0.120 e. The van der Waals surface area contributed by atoms with Crippen molar-refractivity contribution in [3.05, 3.63) is 47.9 Å². The van der Waals surface area contributed by atoms with Crippen molar-refractivity contribution in [3.63, 3.8) is 0 Å². The summed E-state index contributed by atoms with van der Waals surface area (Å²) in [5.74, 6) is 0. The second kappa shape index (κ2) is 4.50. The van der Waals surface area contributed by atoms with E-state index < -0.39 is 0 Å². The quantitative estimate of drug-likeness (QED) is 0.751. The summed E-state index contributed by atoms with van der Waals surface area (Å²) in [6.45, 7) is 0.693. The molecular formula is C14H13N5. The zero-order valence-electron chi connectivity index (χ0n) is 10.5. The Morgan fingerprint density at radius 1 is 1.42 bits per heavy atom. The number of rotatable bonds is 3. The highest BCUT2D eigenvalue weighted by Crippen LogP contribution is 2.17. The summed E-state index contributed by atoms with van der Waals surface area (Å²) in [6.07, 6.45) is 3.76. The van der Waals surface area contributed by atoms with Crippen molar-refractivity contribution < 1.29 is 0 Å². The molecule has 0 radical (unpaired) electrons. The molecule has 0 bridgehead atoms. The summed E-state index contributed by atoms with van der Waals surface area (Å²) >= 11 is 0. The zero-order valence-corrected chi connectivity index (χ0v) is 10.5. The molecule has 2 N–H and O–H groups in total. The van der Waals surface area contributed by atoms with Crippen LogP contribution < -0.4 is 5.32 Å². The van der Waals surface area contributed by atoms with Gasteiger partial charge in [-0.1, -0.05) is 0 Å². The van der Waals surface area contributed by atoms with E-state index in [0.717, 1.165) is 22.2 Å². The van der Waals surface area contributed by atoms with Crippen molar-refractivity contribution in [1.29, 1.82) is 5.26 Å². The van der Waals surface area contributed by atoms with Crippen LogP contribution in [0.5, 0.6) is 0 Å². The van der Waals surface area contributed by atoms with E-state index in [2.05, 4.69) is 21.6 Å². The normalized spacial score (nSPS) is 10.5. The fourth-order valence-electron chi connectivity index (χ4n) is 2.10. The highest BCUT2D eigenvalue weighted by molar-refractivity contribution is 5.81. The van der Waals surface area contributed by atoms with Crippen molar-refractivity contribution in [2.45, 2.75) is 6.54 Å². The van der Waals surface area contributed by atoms with E-state index in [1.54, 1.807) is 6.20 Å². The van der Waals surface area contributed by atoms with Crippen LogP contribution in [-0.2, 0) is 13.6 Å². The number of benzene rings is 1. The van der Waals surface area contributed by atoms with Gasteiger partial charge in [0.1, 0.15) is 11.8 Å². The third-order valence-corrected chi connectivity index (χ3v) is 3.11. The smallest absolute Gasteiger partial charge is 0.120 e. The van der Waals surface area contributed by atoms with Crippen LogP contribution in [0.4, 0.5) is 5.69 Å². The van der Waals surface area contributed by atoms with Crippen molar-refractivity contribution in [1.82, 2.24) is 14.8 Å². The lowest BCUT2D eigenvalue weighted by molar-refractivity contribution is 0.902. The molecule has 2 heterocycles. The molecule has 0 spiro atoms. The first-order valence-electron chi connectivity index (χ1n) is 5.98. The number of hydrogen-bond acceptors (Lipinski definition) is 3. The van der Waals surface area contributed by atoms with Gasteiger partial charge in [0.2, 0.25) is 0 Å². The molecule has 1 aromatic carbocycles. The third kappa shape index (κ3) is 2.16. The van der Waals surface area contributed by atoms with Gasteiger partial charge < -0.3 is 9.88 Å². The van der Waals surface area contributed by atoms with Gasteiger partial charge in [-0.15, -0.1) is 0 Å². The van der Waals surface area contributed by atoms with Crippen molar-refractivity contribution in [2.75, 3.05) is 5.32 Å². The largest absolute Gasteiger partial charge is 0.381 e. The van der Waals surface area contributed by atoms with Crippen molar-refractivity contribution >= 4 is 16.6 Å². The minimum atomic E-state index is 0.669. The molecule has 0 atom stereocenters. The van der Waals surface area contributed by atoms with Crippen LogP contribution in [0.15, 0.2) is 36.7 Å². The average molecular weight is 251 g/mol. The molecule has 2 aromatic heterocycles. The number of nitrogens with one attached hydrogen (secondary N) is 2. The molecule has 0 unspecified atom stereocenters. The van der Waals surface area contributed by atoms with Crippen molar-refractivity contribution in [2.24, 2.45) is 7.05 Å². The first-order chi connectivity index (χ1) is 9.26. The second-order valence-corrected chi connectivity index (χ2v) is 4.48. The summed E-state index contributed by atoms with van der Waals surface area (Å²) in [5, 5.41) is 20.2. The first kappa shape index (κ1) is 11.4. The summed E-state index contributed by atoms with van der Waals surface area (Å²) in [4.78, 5) is 0. The molecule has 0 fully saturated rings. The number of aromatic amines is 1. The predicted octanol–water partition coefficient (Wildman–Crippen LogP) is 2.39. The van der Waals surface area contributed by atoms with Crippen LogP contribution in [0.2, 0.25) is 0 Å². The molecule has 0 aliphatic heterocycles. The number of aryl methyl sites for hydroxylation is 1. The lowest BCUT2D eigenvalue weighted by Crippen LogP contribution is -1.97. The summed E-state index contributed by atoms with van der Waals surface area (Å²) in [6, 6.07) is 10.1. The molecule has 5 nitrogen and oxygen atoms in total. The molecule has 0 amide bonds. The average Bonchev–Trinajstić information content (AvgIpc) is 3.01. The van der Waals surface area contributed by atoms with Gasteiger partial charge >= 0.3 is 0 Å². The summed E-state index contributed by atoms with van der Waals surface area (Å²) in [7, 11) is 1.87. The number of aromatic nitrogens is 3. The standard InChI is InChI=1S/C14H13N5/c1-19-9-10(4-13(19)6-15)7-16-12-2-3-14-11(5-12)8-17-18-14/h2-5,8-9,16H,7H2,1H3,(H,17,18). The lowest BCUT2D eigenvalue weighted by Gasteiger charge is -2.04. The highest BCUT2D eigenvalue weighted by atomic mass is 15.1. The van der Waals surface area contributed by atoms with Gasteiger partial charge in [-0.2, -0.15) is 10.4 Å². The first-order valence-corrected chi connectivity index (χ1v) is 5.98. The Labute approximate surface area is 110 Å². The molecule has 0 aliphatic rings. The zero-order chi connectivity index (χ0) is 13.2. The van der Waals surface area contributed by atoms with Crippen LogP contribution in [-0.4, -0.2) is 14.8 Å². The molecule has 19 heavy (non-hydrogen) atoms. The van der Waals surface area contributed by atoms with E-state index >= 15 is 0 Å². The molecule has 0 saturated carbocycles. The van der Waals surface area contributed by atoms with Crippen LogP contribution >= 0.6 is 0 Å².